The molecule has 0 amide bonds. The van der Waals surface area contributed by atoms with Crippen molar-refractivity contribution in [3.8, 4) is 5.75 Å². The molecule has 21 heavy (non-hydrogen) atoms. The van der Waals surface area contributed by atoms with Gasteiger partial charge in [-0.1, -0.05) is 26.0 Å². The largest absolute Gasteiger partial charge is 0.497 e. The topological polar surface area (TPSA) is 21.3 Å². The molecule has 1 unspecified atom stereocenters. The zero-order valence-electron chi connectivity index (χ0n) is 13.2. The lowest BCUT2D eigenvalue weighted by atomic mass is 10.0. The number of aryl methyl sites for hydroxylation is 1. The molecule has 0 radical (unpaired) electrons. The van der Waals surface area contributed by atoms with Crippen molar-refractivity contribution in [2.45, 2.75) is 39.2 Å². The number of hydrogen-bond acceptors (Lipinski definition) is 3. The van der Waals surface area contributed by atoms with Gasteiger partial charge in [-0.25, -0.2) is 0 Å². The van der Waals surface area contributed by atoms with E-state index in [0.717, 1.165) is 31.6 Å². The van der Waals surface area contributed by atoms with Crippen molar-refractivity contribution in [1.29, 1.82) is 0 Å². The van der Waals surface area contributed by atoms with Crippen LogP contribution in [0.25, 0.3) is 0 Å². The Balaban J connectivity index is 2.19. The first kappa shape index (κ1) is 16.1. The zero-order valence-corrected chi connectivity index (χ0v) is 14.0. The predicted octanol–water partition coefficient (Wildman–Crippen LogP) is 4.60. The van der Waals surface area contributed by atoms with Crippen molar-refractivity contribution in [3.05, 3.63) is 51.7 Å². The lowest BCUT2D eigenvalue weighted by Crippen LogP contribution is -2.24. The van der Waals surface area contributed by atoms with Crippen LogP contribution < -0.4 is 10.1 Å². The zero-order chi connectivity index (χ0) is 15.1. The standard InChI is InChI=1S/C18H25NOS/c1-4-10-19-17(18-15(5-2)9-11-21-18)13-14-7-6-8-16(12-14)20-3/h6-9,11-12,17,19H,4-5,10,13H2,1-3H3. The van der Waals surface area contributed by atoms with Gasteiger partial charge in [-0.05, 0) is 60.5 Å². The minimum absolute atomic E-state index is 0.395. The van der Waals surface area contributed by atoms with Crippen LogP contribution >= 0.6 is 11.3 Å². The lowest BCUT2D eigenvalue weighted by Gasteiger charge is -2.19. The molecule has 1 atom stereocenters. The van der Waals surface area contributed by atoms with Gasteiger partial charge in [-0.15, -0.1) is 11.3 Å². The van der Waals surface area contributed by atoms with E-state index in [4.69, 9.17) is 4.74 Å². The van der Waals surface area contributed by atoms with Gasteiger partial charge in [0.15, 0.2) is 0 Å². The summed E-state index contributed by atoms with van der Waals surface area (Å²) in [6.45, 7) is 5.49. The predicted molar refractivity (Wildman–Crippen MR) is 91.4 cm³/mol. The minimum atomic E-state index is 0.395. The molecule has 1 aromatic carbocycles. The Morgan fingerprint density at radius 3 is 2.81 bits per heavy atom. The maximum Gasteiger partial charge on any atom is 0.119 e. The SMILES string of the molecule is CCCNC(Cc1cccc(OC)c1)c1sccc1CC. The van der Waals surface area contributed by atoms with Crippen LogP contribution in [0.15, 0.2) is 35.7 Å². The van der Waals surface area contributed by atoms with Gasteiger partial charge in [-0.2, -0.15) is 0 Å². The van der Waals surface area contributed by atoms with Gasteiger partial charge in [0.25, 0.3) is 0 Å². The molecule has 0 fully saturated rings. The van der Waals surface area contributed by atoms with Gasteiger partial charge in [0.05, 0.1) is 7.11 Å². The summed E-state index contributed by atoms with van der Waals surface area (Å²) in [5.74, 6) is 0.934. The molecule has 0 saturated carbocycles. The average Bonchev–Trinajstić information content (AvgIpc) is 3.00. The third-order valence-corrected chi connectivity index (χ3v) is 4.77. The number of hydrogen-bond donors (Lipinski definition) is 1. The van der Waals surface area contributed by atoms with Gasteiger partial charge in [0.2, 0.25) is 0 Å². The minimum Gasteiger partial charge on any atom is -0.497 e. The monoisotopic (exact) mass is 303 g/mol. The maximum absolute atomic E-state index is 5.34. The highest BCUT2D eigenvalue weighted by atomic mass is 32.1. The molecule has 0 aliphatic heterocycles. The second-order valence-corrected chi connectivity index (χ2v) is 6.17. The molecule has 0 bridgehead atoms. The molecule has 114 valence electrons. The Morgan fingerprint density at radius 2 is 2.10 bits per heavy atom. The summed E-state index contributed by atoms with van der Waals surface area (Å²) in [5.41, 5.74) is 2.79. The van der Waals surface area contributed by atoms with Crippen LogP contribution in [-0.4, -0.2) is 13.7 Å². The highest BCUT2D eigenvalue weighted by molar-refractivity contribution is 7.10. The van der Waals surface area contributed by atoms with Crippen LogP contribution in [0.2, 0.25) is 0 Å². The van der Waals surface area contributed by atoms with Crippen LogP contribution in [0.4, 0.5) is 0 Å². The van der Waals surface area contributed by atoms with Crippen LogP contribution in [0.3, 0.4) is 0 Å². The van der Waals surface area contributed by atoms with Crippen LogP contribution in [-0.2, 0) is 12.8 Å². The van der Waals surface area contributed by atoms with Crippen molar-refractivity contribution >= 4 is 11.3 Å². The van der Waals surface area contributed by atoms with Crippen LogP contribution in [0, 0.1) is 0 Å². The molecule has 2 aromatic rings. The molecule has 1 heterocycles. The van der Waals surface area contributed by atoms with E-state index in [2.05, 4.69) is 48.8 Å². The first-order valence-corrected chi connectivity index (χ1v) is 8.59. The summed E-state index contributed by atoms with van der Waals surface area (Å²) in [4.78, 5) is 1.48. The van der Waals surface area contributed by atoms with E-state index in [0.29, 0.717) is 6.04 Å². The lowest BCUT2D eigenvalue weighted by molar-refractivity contribution is 0.414. The Hall–Kier alpha value is -1.32. The van der Waals surface area contributed by atoms with Crippen molar-refractivity contribution in [2.75, 3.05) is 13.7 Å². The van der Waals surface area contributed by atoms with Gasteiger partial charge in [0.1, 0.15) is 5.75 Å². The van der Waals surface area contributed by atoms with Crippen molar-refractivity contribution in [1.82, 2.24) is 5.32 Å². The van der Waals surface area contributed by atoms with Crippen molar-refractivity contribution < 1.29 is 4.74 Å². The molecular formula is C18H25NOS. The highest BCUT2D eigenvalue weighted by Gasteiger charge is 2.16. The third-order valence-electron chi connectivity index (χ3n) is 3.69. The Labute approximate surface area is 132 Å². The van der Waals surface area contributed by atoms with Crippen molar-refractivity contribution in [2.24, 2.45) is 0 Å². The van der Waals surface area contributed by atoms with Crippen LogP contribution in [0.1, 0.15) is 42.3 Å². The molecule has 3 heteroatoms. The summed E-state index contributed by atoms with van der Waals surface area (Å²) in [7, 11) is 1.72. The Bertz CT molecular complexity index is 550. The fourth-order valence-corrected chi connectivity index (χ4v) is 3.63. The smallest absolute Gasteiger partial charge is 0.119 e. The molecule has 0 aliphatic rings. The summed E-state index contributed by atoms with van der Waals surface area (Å²) < 4.78 is 5.34. The normalized spacial score (nSPS) is 12.3. The van der Waals surface area contributed by atoms with E-state index < -0.39 is 0 Å². The maximum atomic E-state index is 5.34. The number of benzene rings is 1. The molecule has 0 spiro atoms. The summed E-state index contributed by atoms with van der Waals surface area (Å²) in [6, 6.07) is 11.0. The van der Waals surface area contributed by atoms with E-state index in [9.17, 15) is 0 Å². The number of ether oxygens (including phenoxy) is 1. The molecule has 0 aliphatic carbocycles. The fraction of sp³-hybridized carbons (Fsp3) is 0.444. The number of rotatable bonds is 8. The van der Waals surface area contributed by atoms with E-state index in [1.807, 2.05) is 17.4 Å². The number of thiophene rings is 1. The summed E-state index contributed by atoms with van der Waals surface area (Å²) in [5, 5.41) is 5.91. The fourth-order valence-electron chi connectivity index (χ4n) is 2.56. The molecule has 2 rings (SSSR count). The quantitative estimate of drug-likeness (QED) is 0.769. The van der Waals surface area contributed by atoms with Crippen molar-refractivity contribution in [3.63, 3.8) is 0 Å². The molecule has 1 aromatic heterocycles. The summed E-state index contributed by atoms with van der Waals surface area (Å²) in [6.07, 6.45) is 3.26. The molecule has 0 saturated heterocycles. The van der Waals surface area contributed by atoms with Crippen LogP contribution in [0.5, 0.6) is 5.75 Å². The average molecular weight is 303 g/mol. The second kappa shape index (κ2) is 8.20. The van der Waals surface area contributed by atoms with E-state index in [-0.39, 0.29) is 0 Å². The van der Waals surface area contributed by atoms with E-state index in [1.54, 1.807) is 7.11 Å². The summed E-state index contributed by atoms with van der Waals surface area (Å²) >= 11 is 1.87. The third kappa shape index (κ3) is 4.32. The van der Waals surface area contributed by atoms with Gasteiger partial charge < -0.3 is 10.1 Å². The number of nitrogens with one attached hydrogen (secondary N) is 1. The van der Waals surface area contributed by atoms with Gasteiger partial charge in [0, 0.05) is 10.9 Å². The van der Waals surface area contributed by atoms with E-state index in [1.165, 1.54) is 16.0 Å². The second-order valence-electron chi connectivity index (χ2n) is 5.23. The van der Waals surface area contributed by atoms with Gasteiger partial charge >= 0.3 is 0 Å². The first-order valence-electron chi connectivity index (χ1n) is 7.71. The van der Waals surface area contributed by atoms with E-state index >= 15 is 0 Å². The highest BCUT2D eigenvalue weighted by Crippen LogP contribution is 2.28. The number of methoxy groups -OCH3 is 1. The Morgan fingerprint density at radius 1 is 1.24 bits per heavy atom. The molecule has 2 nitrogen and oxygen atoms in total. The first-order chi connectivity index (χ1) is 10.3. The Kier molecular flexibility index (Phi) is 6.27. The van der Waals surface area contributed by atoms with Gasteiger partial charge in [-0.3, -0.25) is 0 Å². The molecule has 1 N–H and O–H groups in total. The molecular weight excluding hydrogens is 278 g/mol.